The molecule has 2 aromatic rings. The van der Waals surface area contributed by atoms with Gasteiger partial charge in [0.25, 0.3) is 0 Å². The molecule has 4 nitrogen and oxygen atoms in total. The minimum atomic E-state index is -0.328. The summed E-state index contributed by atoms with van der Waals surface area (Å²) < 4.78 is 15.8. The molecule has 0 saturated heterocycles. The van der Waals surface area contributed by atoms with E-state index in [9.17, 15) is 4.39 Å². The van der Waals surface area contributed by atoms with Crippen molar-refractivity contribution in [2.45, 2.75) is 33.4 Å². The maximum absolute atomic E-state index is 13.9. The fraction of sp³-hybridized carbons (Fsp3) is 0.429. The summed E-state index contributed by atoms with van der Waals surface area (Å²) in [5.74, 6) is 1.49. The van der Waals surface area contributed by atoms with Gasteiger partial charge in [-0.2, -0.15) is 0 Å². The molecular formula is C14H18ClFN4. The van der Waals surface area contributed by atoms with Gasteiger partial charge in [-0.05, 0) is 18.1 Å². The van der Waals surface area contributed by atoms with Gasteiger partial charge in [-0.15, -0.1) is 10.2 Å². The van der Waals surface area contributed by atoms with Crippen LogP contribution in [0.5, 0.6) is 0 Å². The normalized spacial score (nSPS) is 11.3. The van der Waals surface area contributed by atoms with E-state index in [4.69, 9.17) is 17.3 Å². The fourth-order valence-electron chi connectivity index (χ4n) is 2.09. The highest BCUT2D eigenvalue weighted by Gasteiger charge is 2.16. The standard InChI is InChI=1S/C14H18ClFN4/c1-9(2)8-20-13(18-19-14(20)7-17)6-10-11(15)4-3-5-12(10)16/h3-5,9H,6-8,17H2,1-2H3. The van der Waals surface area contributed by atoms with Gasteiger partial charge in [-0.1, -0.05) is 31.5 Å². The van der Waals surface area contributed by atoms with E-state index in [1.54, 1.807) is 12.1 Å². The van der Waals surface area contributed by atoms with Crippen LogP contribution in [0.25, 0.3) is 0 Å². The molecular weight excluding hydrogens is 279 g/mol. The van der Waals surface area contributed by atoms with Crippen LogP contribution in [0.15, 0.2) is 18.2 Å². The third-order valence-electron chi connectivity index (χ3n) is 3.03. The summed E-state index contributed by atoms with van der Waals surface area (Å²) >= 11 is 6.06. The predicted molar refractivity (Wildman–Crippen MR) is 77.0 cm³/mol. The number of aromatic nitrogens is 3. The van der Waals surface area contributed by atoms with Crippen molar-refractivity contribution in [2.24, 2.45) is 11.7 Å². The maximum Gasteiger partial charge on any atom is 0.146 e. The molecule has 0 atom stereocenters. The zero-order valence-corrected chi connectivity index (χ0v) is 12.4. The van der Waals surface area contributed by atoms with Crippen molar-refractivity contribution in [1.82, 2.24) is 14.8 Å². The molecule has 1 heterocycles. The molecule has 0 unspecified atom stereocenters. The second-order valence-electron chi connectivity index (χ2n) is 5.12. The molecule has 2 N–H and O–H groups in total. The topological polar surface area (TPSA) is 56.7 Å². The van der Waals surface area contributed by atoms with Crippen LogP contribution in [0.2, 0.25) is 5.02 Å². The highest BCUT2D eigenvalue weighted by Crippen LogP contribution is 2.22. The molecule has 20 heavy (non-hydrogen) atoms. The Labute approximate surface area is 122 Å². The molecule has 0 radical (unpaired) electrons. The maximum atomic E-state index is 13.9. The molecule has 1 aromatic carbocycles. The van der Waals surface area contributed by atoms with Gasteiger partial charge in [0.05, 0.1) is 6.54 Å². The second-order valence-corrected chi connectivity index (χ2v) is 5.53. The molecule has 0 fully saturated rings. The molecule has 0 spiro atoms. The van der Waals surface area contributed by atoms with E-state index >= 15 is 0 Å². The van der Waals surface area contributed by atoms with Gasteiger partial charge in [0.2, 0.25) is 0 Å². The van der Waals surface area contributed by atoms with Crippen LogP contribution in [0.1, 0.15) is 31.1 Å². The molecule has 6 heteroatoms. The summed E-state index contributed by atoms with van der Waals surface area (Å²) in [5.41, 5.74) is 6.11. The van der Waals surface area contributed by atoms with Gasteiger partial charge in [0, 0.05) is 23.6 Å². The minimum Gasteiger partial charge on any atom is -0.324 e. The highest BCUT2D eigenvalue weighted by atomic mass is 35.5. The van der Waals surface area contributed by atoms with Crippen LogP contribution in [0.4, 0.5) is 4.39 Å². The monoisotopic (exact) mass is 296 g/mol. The van der Waals surface area contributed by atoms with E-state index in [2.05, 4.69) is 24.0 Å². The lowest BCUT2D eigenvalue weighted by molar-refractivity contribution is 0.493. The van der Waals surface area contributed by atoms with Crippen molar-refractivity contribution in [2.75, 3.05) is 0 Å². The Morgan fingerprint density at radius 1 is 1.30 bits per heavy atom. The van der Waals surface area contributed by atoms with E-state index in [1.807, 2.05) is 4.57 Å². The summed E-state index contributed by atoms with van der Waals surface area (Å²) in [7, 11) is 0. The molecule has 0 aliphatic rings. The Kier molecular flexibility index (Phi) is 4.73. The SMILES string of the molecule is CC(C)Cn1c(CN)nnc1Cc1c(F)cccc1Cl. The summed E-state index contributed by atoms with van der Waals surface area (Å²) in [6, 6.07) is 4.66. The van der Waals surface area contributed by atoms with Crippen LogP contribution in [-0.2, 0) is 19.5 Å². The molecule has 108 valence electrons. The number of halogens is 2. The van der Waals surface area contributed by atoms with E-state index in [-0.39, 0.29) is 5.82 Å². The average Bonchev–Trinajstić information content (AvgIpc) is 2.75. The third-order valence-corrected chi connectivity index (χ3v) is 3.38. The molecule has 0 saturated carbocycles. The number of hydrogen-bond acceptors (Lipinski definition) is 3. The number of nitrogens with two attached hydrogens (primary N) is 1. The second kappa shape index (κ2) is 6.33. The van der Waals surface area contributed by atoms with Crippen LogP contribution in [-0.4, -0.2) is 14.8 Å². The summed E-state index contributed by atoms with van der Waals surface area (Å²) in [6.07, 6.45) is 0.311. The first-order chi connectivity index (χ1) is 9.52. The Bertz CT molecular complexity index is 575. The van der Waals surface area contributed by atoms with E-state index in [0.717, 1.165) is 6.54 Å². The summed E-state index contributed by atoms with van der Waals surface area (Å²) in [4.78, 5) is 0. The molecule has 0 amide bonds. The van der Waals surface area contributed by atoms with Gasteiger partial charge in [-0.25, -0.2) is 4.39 Å². The van der Waals surface area contributed by atoms with Gasteiger partial charge in [0.1, 0.15) is 17.5 Å². The lowest BCUT2D eigenvalue weighted by Gasteiger charge is -2.12. The first kappa shape index (κ1) is 14.9. The van der Waals surface area contributed by atoms with Gasteiger partial charge >= 0.3 is 0 Å². The molecule has 2 rings (SSSR count). The van der Waals surface area contributed by atoms with Gasteiger partial charge in [-0.3, -0.25) is 0 Å². The number of nitrogens with zero attached hydrogens (tertiary/aromatic N) is 3. The van der Waals surface area contributed by atoms with Crippen molar-refractivity contribution in [3.8, 4) is 0 Å². The first-order valence-electron chi connectivity index (χ1n) is 6.56. The van der Waals surface area contributed by atoms with Crippen LogP contribution < -0.4 is 5.73 Å². The van der Waals surface area contributed by atoms with Crippen molar-refractivity contribution in [3.05, 3.63) is 46.3 Å². The van der Waals surface area contributed by atoms with E-state index in [1.165, 1.54) is 6.07 Å². The zero-order valence-electron chi connectivity index (χ0n) is 11.6. The average molecular weight is 297 g/mol. The molecule has 0 aliphatic heterocycles. The summed E-state index contributed by atoms with van der Waals surface area (Å²) in [5, 5.41) is 8.59. The highest BCUT2D eigenvalue weighted by molar-refractivity contribution is 6.31. The van der Waals surface area contributed by atoms with Crippen LogP contribution in [0, 0.1) is 11.7 Å². The zero-order chi connectivity index (χ0) is 14.7. The largest absolute Gasteiger partial charge is 0.324 e. The fourth-order valence-corrected chi connectivity index (χ4v) is 2.32. The lowest BCUT2D eigenvalue weighted by atomic mass is 10.1. The van der Waals surface area contributed by atoms with Crippen LogP contribution in [0.3, 0.4) is 0 Å². The lowest BCUT2D eigenvalue weighted by Crippen LogP contribution is -2.15. The van der Waals surface area contributed by atoms with Crippen LogP contribution >= 0.6 is 11.6 Å². The minimum absolute atomic E-state index is 0.310. The van der Waals surface area contributed by atoms with Crippen molar-refractivity contribution in [3.63, 3.8) is 0 Å². The van der Waals surface area contributed by atoms with Crippen molar-refractivity contribution >= 4 is 11.6 Å². The Balaban J connectivity index is 2.36. The smallest absolute Gasteiger partial charge is 0.146 e. The molecule has 0 aliphatic carbocycles. The Morgan fingerprint density at radius 3 is 2.60 bits per heavy atom. The number of benzene rings is 1. The number of rotatable bonds is 5. The number of hydrogen-bond donors (Lipinski definition) is 1. The quantitative estimate of drug-likeness (QED) is 0.923. The predicted octanol–water partition coefficient (Wildman–Crippen LogP) is 2.78. The Morgan fingerprint density at radius 2 is 2.00 bits per heavy atom. The first-order valence-corrected chi connectivity index (χ1v) is 6.94. The van der Waals surface area contributed by atoms with E-state index in [0.29, 0.717) is 41.1 Å². The van der Waals surface area contributed by atoms with Gasteiger partial charge < -0.3 is 10.3 Å². The molecule has 0 bridgehead atoms. The summed E-state index contributed by atoms with van der Waals surface area (Å²) in [6.45, 7) is 5.26. The Hall–Kier alpha value is -1.46. The molecule has 1 aromatic heterocycles. The van der Waals surface area contributed by atoms with Gasteiger partial charge in [0.15, 0.2) is 0 Å². The van der Waals surface area contributed by atoms with E-state index < -0.39 is 0 Å². The third kappa shape index (κ3) is 3.16. The van der Waals surface area contributed by atoms with Crippen molar-refractivity contribution < 1.29 is 4.39 Å². The van der Waals surface area contributed by atoms with Crippen molar-refractivity contribution in [1.29, 1.82) is 0 Å².